The molecule has 4 heteroatoms. The van der Waals surface area contributed by atoms with Crippen LogP contribution < -0.4 is 4.74 Å². The van der Waals surface area contributed by atoms with Crippen LogP contribution in [0.25, 0.3) is 0 Å². The van der Waals surface area contributed by atoms with Gasteiger partial charge in [-0.15, -0.1) is 0 Å². The Hall–Kier alpha value is -1.19. The van der Waals surface area contributed by atoms with E-state index in [4.69, 9.17) is 0 Å². The molecule has 0 heterocycles. The largest absolute Gasteiger partial charge is 0.432 e. The van der Waals surface area contributed by atoms with Crippen LogP contribution in [0.15, 0.2) is 18.2 Å². The number of hydrogen-bond acceptors (Lipinski definition) is 1. The first-order valence-electron chi connectivity index (χ1n) is 10.3. The second kappa shape index (κ2) is 9.14. The van der Waals surface area contributed by atoms with Gasteiger partial charge >= 0.3 is 6.61 Å². The van der Waals surface area contributed by atoms with Crippen molar-refractivity contribution in [2.75, 3.05) is 0 Å². The Morgan fingerprint density at radius 3 is 2.12 bits per heavy atom. The van der Waals surface area contributed by atoms with Crippen LogP contribution >= 0.6 is 0 Å². The van der Waals surface area contributed by atoms with Crippen molar-refractivity contribution in [1.29, 1.82) is 0 Å². The van der Waals surface area contributed by atoms with E-state index in [0.29, 0.717) is 5.92 Å². The minimum Gasteiger partial charge on any atom is -0.432 e. The molecule has 0 atom stereocenters. The number of alkyl halides is 2. The molecule has 2 aliphatic carbocycles. The van der Waals surface area contributed by atoms with Gasteiger partial charge in [0.05, 0.1) is 0 Å². The third-order valence-corrected chi connectivity index (χ3v) is 6.67. The maximum atomic E-state index is 14.0. The topological polar surface area (TPSA) is 9.23 Å². The smallest absolute Gasteiger partial charge is 0.387 e. The van der Waals surface area contributed by atoms with E-state index in [9.17, 15) is 13.2 Å². The van der Waals surface area contributed by atoms with Gasteiger partial charge in [0, 0.05) is 0 Å². The van der Waals surface area contributed by atoms with Gasteiger partial charge < -0.3 is 4.74 Å². The van der Waals surface area contributed by atoms with Crippen molar-refractivity contribution in [3.63, 3.8) is 0 Å². The van der Waals surface area contributed by atoms with Crippen molar-refractivity contribution >= 4 is 0 Å². The quantitative estimate of drug-likeness (QED) is 0.511. The first kappa shape index (κ1) is 19.6. The molecule has 26 heavy (non-hydrogen) atoms. The van der Waals surface area contributed by atoms with Gasteiger partial charge in [0.15, 0.2) is 11.6 Å². The van der Waals surface area contributed by atoms with Crippen LogP contribution in [0.2, 0.25) is 0 Å². The molecule has 0 N–H and O–H groups in total. The van der Waals surface area contributed by atoms with Gasteiger partial charge in [0.1, 0.15) is 0 Å². The van der Waals surface area contributed by atoms with E-state index in [2.05, 4.69) is 11.7 Å². The Balaban J connectivity index is 1.50. The molecule has 0 bridgehead atoms. The van der Waals surface area contributed by atoms with Crippen LogP contribution in [-0.4, -0.2) is 6.61 Å². The highest BCUT2D eigenvalue weighted by molar-refractivity contribution is 5.31. The van der Waals surface area contributed by atoms with Crippen molar-refractivity contribution < 1.29 is 17.9 Å². The number of halogens is 3. The minimum absolute atomic E-state index is 0.345. The number of hydrogen-bond donors (Lipinski definition) is 0. The van der Waals surface area contributed by atoms with Gasteiger partial charge in [-0.1, -0.05) is 38.7 Å². The predicted molar refractivity (Wildman–Crippen MR) is 98.1 cm³/mol. The molecule has 1 aromatic rings. The summed E-state index contributed by atoms with van der Waals surface area (Å²) in [4.78, 5) is 0. The Labute approximate surface area is 155 Å². The van der Waals surface area contributed by atoms with Crippen molar-refractivity contribution in [2.45, 2.75) is 83.7 Å². The van der Waals surface area contributed by atoms with Gasteiger partial charge in [-0.05, 0) is 79.9 Å². The highest BCUT2D eigenvalue weighted by Gasteiger charge is 2.31. The number of ether oxygens (including phenoxy) is 1. The predicted octanol–water partition coefficient (Wildman–Crippen LogP) is 7.31. The molecule has 3 rings (SSSR count). The normalized spacial score (nSPS) is 29.7. The summed E-state index contributed by atoms with van der Waals surface area (Å²) >= 11 is 0. The molecule has 0 saturated heterocycles. The van der Waals surface area contributed by atoms with Crippen LogP contribution in [0.5, 0.6) is 5.75 Å². The van der Waals surface area contributed by atoms with Crippen molar-refractivity contribution in [3.05, 3.63) is 29.6 Å². The molecule has 0 radical (unpaired) electrons. The monoisotopic (exact) mass is 368 g/mol. The van der Waals surface area contributed by atoms with Crippen molar-refractivity contribution in [1.82, 2.24) is 0 Å². The van der Waals surface area contributed by atoms with E-state index in [1.165, 1.54) is 63.5 Å². The summed E-state index contributed by atoms with van der Waals surface area (Å²) in [5.41, 5.74) is 0.925. The molecule has 2 saturated carbocycles. The molecule has 0 spiro atoms. The zero-order valence-electron chi connectivity index (χ0n) is 15.7. The summed E-state index contributed by atoms with van der Waals surface area (Å²) in [5, 5.41) is 0. The number of rotatable bonds is 6. The van der Waals surface area contributed by atoms with Crippen LogP contribution in [0.1, 0.15) is 82.6 Å². The van der Waals surface area contributed by atoms with Crippen LogP contribution in [-0.2, 0) is 0 Å². The Morgan fingerprint density at radius 1 is 0.962 bits per heavy atom. The second-order valence-electron chi connectivity index (χ2n) is 8.25. The van der Waals surface area contributed by atoms with E-state index in [-0.39, 0.29) is 5.75 Å². The van der Waals surface area contributed by atoms with Crippen molar-refractivity contribution in [2.24, 2.45) is 17.8 Å². The van der Waals surface area contributed by atoms with E-state index in [0.717, 1.165) is 36.2 Å². The maximum absolute atomic E-state index is 14.0. The Morgan fingerprint density at radius 2 is 1.58 bits per heavy atom. The fourth-order valence-corrected chi connectivity index (χ4v) is 5.24. The molecule has 146 valence electrons. The van der Waals surface area contributed by atoms with Crippen molar-refractivity contribution in [3.8, 4) is 5.75 Å². The second-order valence-corrected chi connectivity index (χ2v) is 8.25. The summed E-state index contributed by atoms with van der Waals surface area (Å²) in [6.45, 7) is -0.708. The first-order valence-corrected chi connectivity index (χ1v) is 10.3. The summed E-state index contributed by atoms with van der Waals surface area (Å²) in [6, 6.07) is 4.48. The zero-order valence-corrected chi connectivity index (χ0v) is 15.7. The lowest BCUT2D eigenvalue weighted by Crippen LogP contribution is -2.25. The fraction of sp³-hybridized carbons (Fsp3) is 0.727. The molecule has 1 nitrogen and oxygen atoms in total. The SMILES string of the molecule is CCCC1CCC(C2CCC(c3ccc(OC(F)F)c(F)c3)CC2)CC1. The van der Waals surface area contributed by atoms with E-state index < -0.39 is 12.4 Å². The van der Waals surface area contributed by atoms with Gasteiger partial charge in [-0.3, -0.25) is 0 Å². The molecule has 0 unspecified atom stereocenters. The van der Waals surface area contributed by atoms with Crippen LogP contribution in [0, 0.1) is 23.6 Å². The lowest BCUT2D eigenvalue weighted by molar-refractivity contribution is -0.0522. The molecular formula is C22H31F3O. The van der Waals surface area contributed by atoms with Gasteiger partial charge in [0.25, 0.3) is 0 Å². The number of benzene rings is 1. The summed E-state index contributed by atoms with van der Waals surface area (Å²) in [6.07, 6.45) is 12.8. The van der Waals surface area contributed by atoms with Crippen LogP contribution in [0.3, 0.4) is 0 Å². The maximum Gasteiger partial charge on any atom is 0.387 e. The Kier molecular flexibility index (Phi) is 6.88. The van der Waals surface area contributed by atoms with Gasteiger partial charge in [-0.25, -0.2) is 4.39 Å². The molecule has 0 aromatic heterocycles. The molecule has 2 fully saturated rings. The highest BCUT2D eigenvalue weighted by Crippen LogP contribution is 2.44. The average Bonchev–Trinajstić information content (AvgIpc) is 2.64. The standard InChI is InChI=1S/C22H31F3O/c1-2-3-15-4-6-16(7-5-15)17-8-10-18(11-9-17)19-12-13-21(20(23)14-19)26-22(24)25/h12-18,22H,2-11H2,1H3. The lowest BCUT2D eigenvalue weighted by Gasteiger charge is -2.38. The lowest BCUT2D eigenvalue weighted by atomic mass is 9.68. The summed E-state index contributed by atoms with van der Waals surface area (Å²) in [7, 11) is 0. The molecule has 0 aliphatic heterocycles. The molecule has 2 aliphatic rings. The third-order valence-electron chi connectivity index (χ3n) is 6.67. The fourth-order valence-electron chi connectivity index (χ4n) is 5.24. The average molecular weight is 368 g/mol. The van der Waals surface area contributed by atoms with E-state index in [1.54, 1.807) is 6.07 Å². The molecule has 1 aromatic carbocycles. The zero-order chi connectivity index (χ0) is 18.5. The highest BCUT2D eigenvalue weighted by atomic mass is 19.3. The molecule has 0 amide bonds. The first-order chi connectivity index (χ1) is 12.6. The van der Waals surface area contributed by atoms with Crippen LogP contribution in [0.4, 0.5) is 13.2 Å². The van der Waals surface area contributed by atoms with E-state index in [1.807, 2.05) is 0 Å². The summed E-state index contributed by atoms with van der Waals surface area (Å²) in [5.74, 6) is 1.95. The minimum atomic E-state index is -2.99. The summed E-state index contributed by atoms with van der Waals surface area (Å²) < 4.78 is 42.7. The van der Waals surface area contributed by atoms with E-state index >= 15 is 0 Å². The molecular weight excluding hydrogens is 337 g/mol. The van der Waals surface area contributed by atoms with Gasteiger partial charge in [-0.2, -0.15) is 8.78 Å². The van der Waals surface area contributed by atoms with Gasteiger partial charge in [0.2, 0.25) is 0 Å². The Bertz CT molecular complexity index is 559. The third kappa shape index (κ3) is 4.95.